The van der Waals surface area contributed by atoms with E-state index in [0.29, 0.717) is 0 Å². The summed E-state index contributed by atoms with van der Waals surface area (Å²) in [5, 5.41) is 9.44. The molecule has 0 saturated carbocycles. The average Bonchev–Trinajstić information content (AvgIpc) is 3.20. The zero-order valence-corrected chi connectivity index (χ0v) is 18.2. The largest absolute Gasteiger partial charge is 0.167 e. The van der Waals surface area contributed by atoms with Gasteiger partial charge < -0.3 is 0 Å². The van der Waals surface area contributed by atoms with Gasteiger partial charge in [0.15, 0.2) is 35.2 Å². The summed E-state index contributed by atoms with van der Waals surface area (Å²) in [4.78, 5) is 0. The lowest BCUT2D eigenvalue weighted by Gasteiger charge is -2.04. The van der Waals surface area contributed by atoms with Gasteiger partial charge in [0.05, 0.1) is 10.4 Å². The first-order chi connectivity index (χ1) is 13.4. The molecule has 0 aliphatic carbocycles. The molecule has 0 saturated heterocycles. The van der Waals surface area contributed by atoms with E-state index in [1.165, 1.54) is 48.2 Å². The molecule has 1 aromatic carbocycles. The molecule has 0 radical (unpaired) electrons. The van der Waals surface area contributed by atoms with Crippen LogP contribution in [0.4, 0.5) is 0 Å². The third kappa shape index (κ3) is 4.16. The van der Waals surface area contributed by atoms with Crippen molar-refractivity contribution >= 4 is 0 Å². The fourth-order valence-corrected chi connectivity index (χ4v) is 3.63. The zero-order valence-electron chi connectivity index (χ0n) is 18.2. The minimum atomic E-state index is 1.06. The summed E-state index contributed by atoms with van der Waals surface area (Å²) in [7, 11) is 4.05. The molecule has 2 aromatic heterocycles. The summed E-state index contributed by atoms with van der Waals surface area (Å²) in [5.41, 5.74) is 7.16. The number of hydrogen-bond donors (Lipinski definition) is 0. The first kappa shape index (κ1) is 20.2. The molecule has 0 N–H and O–H groups in total. The lowest BCUT2D eigenvalue weighted by Crippen LogP contribution is -2.38. The Labute approximate surface area is 168 Å². The summed E-state index contributed by atoms with van der Waals surface area (Å²) in [5.74, 6) is 0. The molecular formula is C22H34N6+2. The van der Waals surface area contributed by atoms with E-state index in [9.17, 15) is 0 Å². The van der Waals surface area contributed by atoms with Gasteiger partial charge in [-0.2, -0.15) is 0 Å². The van der Waals surface area contributed by atoms with Gasteiger partial charge in [0, 0.05) is 18.9 Å². The first-order valence-electron chi connectivity index (χ1n) is 10.5. The van der Waals surface area contributed by atoms with E-state index in [-0.39, 0.29) is 0 Å². The number of rotatable bonds is 8. The quantitative estimate of drug-likeness (QED) is 0.562. The lowest BCUT2D eigenvalue weighted by molar-refractivity contribution is -0.669. The molecule has 0 aliphatic rings. The van der Waals surface area contributed by atoms with Crippen LogP contribution in [0.15, 0.2) is 24.5 Å². The second kappa shape index (κ2) is 8.67. The van der Waals surface area contributed by atoms with Crippen molar-refractivity contribution < 1.29 is 9.36 Å². The van der Waals surface area contributed by atoms with E-state index in [1.807, 2.05) is 32.8 Å². The Morgan fingerprint density at radius 2 is 1.18 bits per heavy atom. The summed E-state index contributed by atoms with van der Waals surface area (Å²) < 4.78 is 7.99. The third-order valence-electron chi connectivity index (χ3n) is 5.42. The number of unbranched alkanes of at least 4 members (excludes halogenated alkanes) is 2. The van der Waals surface area contributed by atoms with Crippen molar-refractivity contribution in [3.05, 3.63) is 47.0 Å². The maximum Gasteiger partial charge on any atom is 0.167 e. The molecular weight excluding hydrogens is 348 g/mol. The fraction of sp³-hybridized carbons (Fsp3) is 0.545. The highest BCUT2D eigenvalue weighted by molar-refractivity contribution is 5.45. The zero-order chi connectivity index (χ0) is 20.3. The van der Waals surface area contributed by atoms with Crippen molar-refractivity contribution in [3.8, 4) is 11.4 Å². The normalized spacial score (nSPS) is 11.4. The van der Waals surface area contributed by atoms with Gasteiger partial charge in [0.2, 0.25) is 0 Å². The number of benzene rings is 1. The van der Waals surface area contributed by atoms with Crippen LogP contribution >= 0.6 is 0 Å². The summed E-state index contributed by atoms with van der Waals surface area (Å²) in [6.07, 6.45) is 11.2. The smallest absolute Gasteiger partial charge is 0.137 e. The van der Waals surface area contributed by atoms with Gasteiger partial charge in [-0.1, -0.05) is 26.7 Å². The molecule has 150 valence electrons. The highest BCUT2D eigenvalue weighted by atomic mass is 15.5. The molecule has 28 heavy (non-hydrogen) atoms. The van der Waals surface area contributed by atoms with Crippen LogP contribution in [-0.2, 0) is 26.9 Å². The number of aromatic nitrogens is 6. The molecule has 0 atom stereocenters. The lowest BCUT2D eigenvalue weighted by atomic mass is 10.1. The SMILES string of the molecule is CCCCc1c[n+](-c2cc(-[n+]3cc(CCCC)n(C)n3)c(C)cc2C)nn1C. The summed E-state index contributed by atoms with van der Waals surface area (Å²) in [6, 6.07) is 4.43. The van der Waals surface area contributed by atoms with E-state index < -0.39 is 0 Å². The van der Waals surface area contributed by atoms with Crippen LogP contribution in [-0.4, -0.2) is 19.8 Å². The maximum absolute atomic E-state index is 4.72. The van der Waals surface area contributed by atoms with Gasteiger partial charge in [0.1, 0.15) is 14.1 Å². The molecule has 6 heteroatoms. The van der Waals surface area contributed by atoms with E-state index >= 15 is 0 Å². The van der Waals surface area contributed by atoms with Crippen molar-refractivity contribution in [2.75, 3.05) is 0 Å². The minimum Gasteiger partial charge on any atom is -0.137 e. The molecule has 0 amide bonds. The third-order valence-corrected chi connectivity index (χ3v) is 5.42. The fourth-order valence-electron chi connectivity index (χ4n) is 3.63. The Kier molecular flexibility index (Phi) is 6.27. The van der Waals surface area contributed by atoms with E-state index in [0.717, 1.165) is 24.2 Å². The highest BCUT2D eigenvalue weighted by Gasteiger charge is 2.21. The molecule has 6 nitrogen and oxygen atoms in total. The van der Waals surface area contributed by atoms with Crippen LogP contribution in [0.1, 0.15) is 62.0 Å². The maximum atomic E-state index is 4.72. The Morgan fingerprint density at radius 1 is 0.750 bits per heavy atom. The number of nitrogens with zero attached hydrogens (tertiary/aromatic N) is 6. The molecule has 0 unspecified atom stereocenters. The van der Waals surface area contributed by atoms with Crippen molar-refractivity contribution in [1.82, 2.24) is 19.8 Å². The van der Waals surface area contributed by atoms with Gasteiger partial charge in [0.25, 0.3) is 0 Å². The first-order valence-corrected chi connectivity index (χ1v) is 10.5. The molecule has 2 heterocycles. The number of hydrogen-bond acceptors (Lipinski definition) is 2. The predicted octanol–water partition coefficient (Wildman–Crippen LogP) is 3.01. The van der Waals surface area contributed by atoms with Crippen molar-refractivity contribution in [1.29, 1.82) is 0 Å². The Bertz CT molecular complexity index is 877. The summed E-state index contributed by atoms with van der Waals surface area (Å²) in [6.45, 7) is 8.74. The standard InChI is InChI=1S/C22H34N6/c1-7-9-11-19-15-27(23-25(19)5)21-14-22(18(4)13-17(21)3)28-16-20(12-10-8-2)26(6)24-28/h13-16H,7-12H2,1-6H3/q+2. The van der Waals surface area contributed by atoms with Crippen LogP contribution in [0.2, 0.25) is 0 Å². The van der Waals surface area contributed by atoms with Crippen LogP contribution in [0.5, 0.6) is 0 Å². The van der Waals surface area contributed by atoms with Crippen LogP contribution in [0.3, 0.4) is 0 Å². The van der Waals surface area contributed by atoms with Crippen LogP contribution < -0.4 is 9.36 Å². The van der Waals surface area contributed by atoms with Gasteiger partial charge in [-0.3, -0.25) is 0 Å². The second-order valence-corrected chi connectivity index (χ2v) is 7.79. The predicted molar refractivity (Wildman–Crippen MR) is 110 cm³/mol. The summed E-state index contributed by atoms with van der Waals surface area (Å²) >= 11 is 0. The van der Waals surface area contributed by atoms with Crippen LogP contribution in [0, 0.1) is 13.8 Å². The highest BCUT2D eigenvalue weighted by Crippen LogP contribution is 2.17. The van der Waals surface area contributed by atoms with E-state index in [1.54, 1.807) is 0 Å². The Hall–Kier alpha value is -2.50. The number of aryl methyl sites for hydroxylation is 6. The minimum absolute atomic E-state index is 1.06. The van der Waals surface area contributed by atoms with Gasteiger partial charge in [-0.05, 0) is 43.9 Å². The van der Waals surface area contributed by atoms with Crippen molar-refractivity contribution in [2.45, 2.75) is 66.2 Å². The van der Waals surface area contributed by atoms with Crippen molar-refractivity contribution in [2.24, 2.45) is 14.1 Å². The molecule has 3 aromatic rings. The van der Waals surface area contributed by atoms with Gasteiger partial charge >= 0.3 is 0 Å². The topological polar surface area (TPSA) is 43.4 Å². The monoisotopic (exact) mass is 382 g/mol. The molecule has 3 rings (SSSR count). The Morgan fingerprint density at radius 3 is 1.57 bits per heavy atom. The Balaban J connectivity index is 2.00. The van der Waals surface area contributed by atoms with Gasteiger partial charge in [-0.25, -0.2) is 0 Å². The van der Waals surface area contributed by atoms with Crippen molar-refractivity contribution in [3.63, 3.8) is 0 Å². The van der Waals surface area contributed by atoms with E-state index in [2.05, 4.69) is 52.2 Å². The average molecular weight is 383 g/mol. The van der Waals surface area contributed by atoms with Gasteiger partial charge in [-0.15, -0.1) is 18.7 Å². The molecule has 0 bridgehead atoms. The second-order valence-electron chi connectivity index (χ2n) is 7.79. The molecule has 0 aliphatic heterocycles. The van der Waals surface area contributed by atoms with Crippen LogP contribution in [0.25, 0.3) is 11.4 Å². The molecule has 0 spiro atoms. The van der Waals surface area contributed by atoms with E-state index in [4.69, 9.17) is 10.4 Å². The molecule has 0 fully saturated rings.